The number of halogens is 10. The SMILES string of the molecule is CCCCCC1COC(c2ccc(C3CCC(C4CCC(C(F)(F)Oc5cc(F)c(S(F)(F)(F)(F)F)c(F)c5)CC4)CC3)c(F)c2)OC1. The van der Waals surface area contributed by atoms with Gasteiger partial charge in [-0.25, -0.2) is 13.2 Å². The molecule has 3 aliphatic rings. The van der Waals surface area contributed by atoms with E-state index in [1.165, 1.54) is 12.5 Å². The minimum atomic E-state index is -10.7. The molecule has 0 spiro atoms. The van der Waals surface area contributed by atoms with Gasteiger partial charge in [-0.3, -0.25) is 0 Å². The Morgan fingerprint density at radius 1 is 0.750 bits per heavy atom. The molecule has 0 amide bonds. The first-order valence-electron chi connectivity index (χ1n) is 16.7. The van der Waals surface area contributed by atoms with E-state index in [0.29, 0.717) is 43.1 Å². The molecule has 2 aromatic carbocycles. The summed E-state index contributed by atoms with van der Waals surface area (Å²) in [6.45, 7) is 3.32. The average Bonchev–Trinajstić information content (AvgIpc) is 3.00. The third kappa shape index (κ3) is 8.93. The lowest BCUT2D eigenvalue weighted by atomic mass is 9.68. The number of hydrogen-bond donors (Lipinski definition) is 0. The number of benzene rings is 2. The lowest BCUT2D eigenvalue weighted by Crippen LogP contribution is -2.38. The van der Waals surface area contributed by atoms with Gasteiger partial charge in [-0.05, 0) is 87.2 Å². The van der Waals surface area contributed by atoms with Gasteiger partial charge in [-0.2, -0.15) is 8.78 Å². The zero-order valence-electron chi connectivity index (χ0n) is 26.7. The van der Waals surface area contributed by atoms with Gasteiger partial charge in [0.2, 0.25) is 0 Å². The van der Waals surface area contributed by atoms with Crippen LogP contribution in [0, 0.1) is 41.1 Å². The number of alkyl halides is 2. The summed E-state index contributed by atoms with van der Waals surface area (Å²) in [5, 5.41) is 0. The van der Waals surface area contributed by atoms with E-state index < -0.39 is 50.8 Å². The van der Waals surface area contributed by atoms with Crippen LogP contribution in [-0.4, -0.2) is 19.3 Å². The Kier molecular flexibility index (Phi) is 10.4. The van der Waals surface area contributed by atoms with Crippen molar-refractivity contribution in [3.8, 4) is 5.75 Å². The first-order chi connectivity index (χ1) is 22.3. The van der Waals surface area contributed by atoms with E-state index in [0.717, 1.165) is 44.9 Å². The van der Waals surface area contributed by atoms with Crippen LogP contribution in [0.25, 0.3) is 0 Å². The third-order valence-corrected chi connectivity index (χ3v) is 11.4. The van der Waals surface area contributed by atoms with Crippen LogP contribution in [0.15, 0.2) is 35.2 Å². The van der Waals surface area contributed by atoms with Crippen molar-refractivity contribution < 1.29 is 55.6 Å². The van der Waals surface area contributed by atoms with Gasteiger partial charge in [0.1, 0.15) is 11.6 Å². The molecule has 0 radical (unpaired) electrons. The summed E-state index contributed by atoms with van der Waals surface area (Å²) in [5.41, 5.74) is 1.28. The van der Waals surface area contributed by atoms with E-state index in [2.05, 4.69) is 11.7 Å². The molecule has 272 valence electrons. The van der Waals surface area contributed by atoms with Gasteiger partial charge in [0, 0.05) is 23.6 Å². The maximum atomic E-state index is 15.3. The second-order valence-corrected chi connectivity index (χ2v) is 16.1. The fourth-order valence-electron chi connectivity index (χ4n) is 7.64. The van der Waals surface area contributed by atoms with Crippen LogP contribution in [0.2, 0.25) is 0 Å². The molecule has 0 N–H and O–H groups in total. The van der Waals surface area contributed by atoms with Crippen LogP contribution < -0.4 is 4.74 Å². The highest BCUT2D eigenvalue weighted by Gasteiger charge is 2.69. The van der Waals surface area contributed by atoms with E-state index >= 15 is 4.39 Å². The van der Waals surface area contributed by atoms with Crippen LogP contribution in [0.3, 0.4) is 0 Å². The summed E-state index contributed by atoms with van der Waals surface area (Å²) in [6, 6.07) is 4.53. The smallest absolute Gasteiger partial charge is 0.400 e. The molecule has 2 saturated carbocycles. The standard InChI is InChI=1S/C34H42F10O3S/c1-2-3-4-5-21-19-45-33(46-20-21)25-12-15-28(29(35)16-25)24-8-6-22(7-9-24)23-10-13-26(14-11-23)34(38,39)47-27-17-30(36)32(31(37)18-27)48(40,41,42,43)44/h12,15-18,21-24,26,33H,2-11,13-14,19-20H2,1H3. The zero-order chi connectivity index (χ0) is 35.0. The number of hydrogen-bond acceptors (Lipinski definition) is 3. The molecular weight excluding hydrogens is 678 g/mol. The maximum Gasteiger partial charge on any atom is 0.400 e. The molecule has 48 heavy (non-hydrogen) atoms. The zero-order valence-corrected chi connectivity index (χ0v) is 27.5. The van der Waals surface area contributed by atoms with Crippen molar-refractivity contribution in [1.82, 2.24) is 0 Å². The molecule has 2 aromatic rings. The van der Waals surface area contributed by atoms with Gasteiger partial charge in [0.15, 0.2) is 22.8 Å². The molecule has 0 atom stereocenters. The largest absolute Gasteiger partial charge is 0.432 e. The van der Waals surface area contributed by atoms with Crippen LogP contribution in [0.4, 0.5) is 41.4 Å². The Hall–Kier alpha value is -2.19. The summed E-state index contributed by atoms with van der Waals surface area (Å²) in [5.74, 6) is -7.72. The molecular formula is C34H42F10O3S. The normalized spacial score (nSPS) is 28.8. The summed E-state index contributed by atoms with van der Waals surface area (Å²) in [6.07, 6.45) is 3.78. The van der Waals surface area contributed by atoms with Crippen LogP contribution in [-0.2, 0) is 9.47 Å². The van der Waals surface area contributed by atoms with Crippen molar-refractivity contribution in [3.63, 3.8) is 0 Å². The minimum Gasteiger partial charge on any atom is -0.432 e. The lowest BCUT2D eigenvalue weighted by Gasteiger charge is -2.41. The van der Waals surface area contributed by atoms with Crippen molar-refractivity contribution in [2.24, 2.45) is 23.7 Å². The molecule has 1 aliphatic heterocycles. The molecule has 0 bridgehead atoms. The van der Waals surface area contributed by atoms with Gasteiger partial charge < -0.3 is 14.2 Å². The first kappa shape index (κ1) is 37.1. The molecule has 3 nitrogen and oxygen atoms in total. The maximum absolute atomic E-state index is 15.3. The van der Waals surface area contributed by atoms with Gasteiger partial charge in [-0.15, -0.1) is 0 Å². The van der Waals surface area contributed by atoms with Crippen molar-refractivity contribution in [1.29, 1.82) is 0 Å². The van der Waals surface area contributed by atoms with Crippen LogP contribution in [0.5, 0.6) is 5.75 Å². The molecule has 3 fully saturated rings. The van der Waals surface area contributed by atoms with E-state index in [-0.39, 0.29) is 48.5 Å². The number of rotatable bonds is 11. The van der Waals surface area contributed by atoms with Gasteiger partial charge in [0.25, 0.3) is 0 Å². The van der Waals surface area contributed by atoms with Crippen LogP contribution >= 0.6 is 10.2 Å². The number of unbranched alkanes of at least 4 members (excludes halogenated alkanes) is 2. The quantitative estimate of drug-likeness (QED) is 0.171. The second-order valence-electron chi connectivity index (χ2n) is 13.7. The Labute approximate surface area is 274 Å². The van der Waals surface area contributed by atoms with E-state index in [1.54, 1.807) is 6.07 Å². The highest BCUT2D eigenvalue weighted by molar-refractivity contribution is 8.45. The monoisotopic (exact) mass is 720 g/mol. The minimum absolute atomic E-state index is 0.00695. The fraction of sp³-hybridized carbons (Fsp3) is 0.647. The predicted molar refractivity (Wildman–Crippen MR) is 162 cm³/mol. The third-order valence-electron chi connectivity index (χ3n) is 10.2. The Morgan fingerprint density at radius 3 is 1.83 bits per heavy atom. The van der Waals surface area contributed by atoms with Crippen molar-refractivity contribution in [2.75, 3.05) is 13.2 Å². The van der Waals surface area contributed by atoms with E-state index in [1.807, 2.05) is 6.07 Å². The highest BCUT2D eigenvalue weighted by atomic mass is 32.5. The van der Waals surface area contributed by atoms with Crippen LogP contribution in [0.1, 0.15) is 107 Å². The fourth-order valence-corrected chi connectivity index (χ4v) is 8.49. The van der Waals surface area contributed by atoms with Gasteiger partial charge in [0.05, 0.1) is 19.1 Å². The molecule has 0 aromatic heterocycles. The highest BCUT2D eigenvalue weighted by Crippen LogP contribution is 3.02. The first-order valence-corrected chi connectivity index (χ1v) is 18.6. The topological polar surface area (TPSA) is 27.7 Å². The second kappa shape index (κ2) is 13.5. The molecule has 2 aliphatic carbocycles. The summed E-state index contributed by atoms with van der Waals surface area (Å²) in [7, 11) is -10.7. The van der Waals surface area contributed by atoms with E-state index in [4.69, 9.17) is 9.47 Å². The molecule has 1 heterocycles. The van der Waals surface area contributed by atoms with Crippen molar-refractivity contribution in [2.45, 2.75) is 107 Å². The molecule has 0 unspecified atom stereocenters. The van der Waals surface area contributed by atoms with Gasteiger partial charge >= 0.3 is 16.3 Å². The van der Waals surface area contributed by atoms with Crippen molar-refractivity contribution in [3.05, 3.63) is 58.9 Å². The Balaban J connectivity index is 1.10. The predicted octanol–water partition coefficient (Wildman–Crippen LogP) is 12.8. The summed E-state index contributed by atoms with van der Waals surface area (Å²) in [4.78, 5) is -3.39. The van der Waals surface area contributed by atoms with Crippen molar-refractivity contribution >= 4 is 10.2 Å². The lowest BCUT2D eigenvalue weighted by molar-refractivity contribution is -0.224. The summed E-state index contributed by atoms with van der Waals surface area (Å²) < 4.78 is 154. The Bertz CT molecular complexity index is 1390. The summed E-state index contributed by atoms with van der Waals surface area (Å²) >= 11 is 0. The molecule has 5 rings (SSSR count). The molecule has 14 heteroatoms. The molecule has 1 saturated heterocycles. The van der Waals surface area contributed by atoms with E-state index in [9.17, 15) is 37.0 Å². The van der Waals surface area contributed by atoms with Gasteiger partial charge in [-0.1, -0.05) is 57.7 Å². The average molecular weight is 721 g/mol. The number of ether oxygens (including phenoxy) is 3. The Morgan fingerprint density at radius 2 is 1.31 bits per heavy atom.